The highest BCUT2D eigenvalue weighted by atomic mass is 16.5. The molecule has 3 fully saturated rings. The number of hydrogen-bond acceptors (Lipinski definition) is 6. The lowest BCUT2D eigenvalue weighted by Gasteiger charge is -2.42. The molecule has 5 N–H and O–H groups in total. The Labute approximate surface area is 144 Å². The van der Waals surface area contributed by atoms with E-state index in [1.54, 1.807) is 0 Å². The maximum absolute atomic E-state index is 10.3. The fourth-order valence-electron chi connectivity index (χ4n) is 4.65. The van der Waals surface area contributed by atoms with Crippen LogP contribution in [-0.2, 0) is 4.74 Å². The van der Waals surface area contributed by atoms with Crippen LogP contribution in [0.3, 0.4) is 0 Å². The number of hydrogen-bond donors (Lipinski definition) is 5. The van der Waals surface area contributed by atoms with Crippen molar-refractivity contribution in [1.29, 1.82) is 0 Å². The van der Waals surface area contributed by atoms with Crippen molar-refractivity contribution in [2.45, 2.75) is 95.0 Å². The van der Waals surface area contributed by atoms with Crippen molar-refractivity contribution < 1.29 is 25.2 Å². The van der Waals surface area contributed by atoms with Gasteiger partial charge in [0, 0.05) is 12.1 Å². The van der Waals surface area contributed by atoms with Gasteiger partial charge in [-0.05, 0) is 43.4 Å². The summed E-state index contributed by atoms with van der Waals surface area (Å²) in [5.41, 5.74) is 0.139. The van der Waals surface area contributed by atoms with Gasteiger partial charge in [0.05, 0.1) is 12.7 Å². The molecule has 6 heteroatoms. The van der Waals surface area contributed by atoms with E-state index in [-0.39, 0.29) is 12.0 Å². The monoisotopic (exact) mass is 343 g/mol. The van der Waals surface area contributed by atoms with E-state index in [0.717, 1.165) is 12.8 Å². The van der Waals surface area contributed by atoms with E-state index in [4.69, 9.17) is 4.74 Å². The summed E-state index contributed by atoms with van der Waals surface area (Å²) in [7, 11) is 0. The lowest BCUT2D eigenvalue weighted by molar-refractivity contribution is -0.233. The maximum Gasteiger partial charge on any atom is 0.111 e. The van der Waals surface area contributed by atoms with E-state index >= 15 is 0 Å². The van der Waals surface area contributed by atoms with Crippen LogP contribution in [0.25, 0.3) is 0 Å². The van der Waals surface area contributed by atoms with Crippen LogP contribution in [0.15, 0.2) is 0 Å². The first-order valence-corrected chi connectivity index (χ1v) is 9.38. The lowest BCUT2D eigenvalue weighted by atomic mass is 9.77. The fourth-order valence-corrected chi connectivity index (χ4v) is 4.65. The number of aliphatic hydroxyl groups is 4. The second kappa shape index (κ2) is 7.17. The van der Waals surface area contributed by atoms with Crippen molar-refractivity contribution in [3.8, 4) is 0 Å². The van der Waals surface area contributed by atoms with Gasteiger partial charge in [-0.15, -0.1) is 0 Å². The third-order valence-electron chi connectivity index (χ3n) is 6.53. The molecule has 24 heavy (non-hydrogen) atoms. The van der Waals surface area contributed by atoms with Gasteiger partial charge in [-0.1, -0.05) is 20.3 Å². The minimum absolute atomic E-state index is 0.139. The van der Waals surface area contributed by atoms with E-state index < -0.39 is 30.5 Å². The normalized spacial score (nSPS) is 46.0. The summed E-state index contributed by atoms with van der Waals surface area (Å²) in [6.07, 6.45) is 1.64. The number of rotatable bonds is 5. The Kier molecular flexibility index (Phi) is 5.54. The zero-order valence-electron chi connectivity index (χ0n) is 14.8. The van der Waals surface area contributed by atoms with Crippen molar-refractivity contribution in [2.75, 3.05) is 6.61 Å². The van der Waals surface area contributed by atoms with Gasteiger partial charge in [0.1, 0.15) is 24.4 Å². The highest BCUT2D eigenvalue weighted by Crippen LogP contribution is 2.46. The molecule has 7 atom stereocenters. The lowest BCUT2D eigenvalue weighted by Crippen LogP contribution is -2.58. The molecule has 2 saturated carbocycles. The van der Waals surface area contributed by atoms with Gasteiger partial charge in [-0.2, -0.15) is 0 Å². The molecule has 0 aromatic rings. The van der Waals surface area contributed by atoms with E-state index in [0.29, 0.717) is 24.4 Å². The summed E-state index contributed by atoms with van der Waals surface area (Å²) in [5.74, 6) is 0.372. The second-order valence-electron chi connectivity index (χ2n) is 8.72. The van der Waals surface area contributed by atoms with Crippen LogP contribution in [0.5, 0.6) is 0 Å². The van der Waals surface area contributed by atoms with E-state index in [1.165, 1.54) is 19.3 Å². The zero-order chi connectivity index (χ0) is 17.5. The molecule has 0 aromatic heterocycles. The van der Waals surface area contributed by atoms with Crippen molar-refractivity contribution in [3.63, 3.8) is 0 Å². The van der Waals surface area contributed by atoms with Crippen molar-refractivity contribution in [1.82, 2.24) is 5.32 Å². The highest BCUT2D eigenvalue weighted by molar-refractivity contribution is 4.99. The number of aliphatic hydroxyl groups excluding tert-OH is 4. The van der Waals surface area contributed by atoms with Crippen molar-refractivity contribution in [2.24, 2.45) is 11.3 Å². The number of nitrogens with one attached hydrogen (secondary N) is 1. The minimum atomic E-state index is -1.27. The topological polar surface area (TPSA) is 102 Å². The average Bonchev–Trinajstić information content (AvgIpc) is 2.77. The smallest absolute Gasteiger partial charge is 0.111 e. The predicted molar refractivity (Wildman–Crippen MR) is 89.5 cm³/mol. The van der Waals surface area contributed by atoms with E-state index in [2.05, 4.69) is 19.2 Å². The van der Waals surface area contributed by atoms with E-state index in [9.17, 15) is 20.4 Å². The molecule has 2 aliphatic carbocycles. The van der Waals surface area contributed by atoms with Gasteiger partial charge in [0.25, 0.3) is 0 Å². The Bertz CT molecular complexity index is 426. The van der Waals surface area contributed by atoms with Gasteiger partial charge < -0.3 is 30.5 Å². The van der Waals surface area contributed by atoms with Crippen LogP contribution in [0.1, 0.15) is 52.4 Å². The second-order valence-corrected chi connectivity index (χ2v) is 8.72. The van der Waals surface area contributed by atoms with Crippen LogP contribution in [0, 0.1) is 11.3 Å². The molecule has 140 valence electrons. The molecule has 0 radical (unpaired) electrons. The SMILES string of the molecule is CC1(C)CC(NC2CCC2)CC1CC1O[C@H](CO)[C@H](O)[C@H](O)[C@H]1O. The first-order valence-electron chi connectivity index (χ1n) is 9.38. The van der Waals surface area contributed by atoms with Crippen LogP contribution in [0.4, 0.5) is 0 Å². The van der Waals surface area contributed by atoms with Gasteiger partial charge in [0.15, 0.2) is 0 Å². The molecule has 3 unspecified atom stereocenters. The van der Waals surface area contributed by atoms with Gasteiger partial charge in [-0.25, -0.2) is 0 Å². The minimum Gasteiger partial charge on any atom is -0.394 e. The molecule has 0 amide bonds. The van der Waals surface area contributed by atoms with Crippen LogP contribution >= 0.6 is 0 Å². The highest BCUT2D eigenvalue weighted by Gasteiger charge is 2.48. The summed E-state index contributed by atoms with van der Waals surface area (Å²) < 4.78 is 5.70. The Morgan fingerprint density at radius 3 is 2.25 bits per heavy atom. The molecular formula is C18H33NO5. The van der Waals surface area contributed by atoms with E-state index in [1.807, 2.05) is 0 Å². The first kappa shape index (κ1) is 18.5. The van der Waals surface area contributed by atoms with Gasteiger partial charge >= 0.3 is 0 Å². The van der Waals surface area contributed by atoms with Gasteiger partial charge in [0.2, 0.25) is 0 Å². The molecule has 6 nitrogen and oxygen atoms in total. The van der Waals surface area contributed by atoms with Crippen LogP contribution in [0.2, 0.25) is 0 Å². The molecule has 1 heterocycles. The number of ether oxygens (including phenoxy) is 1. The molecule has 3 rings (SSSR count). The standard InChI is InChI=1S/C18H33NO5/c1-18(2)8-12(19-11-4-3-5-11)6-10(18)7-13-15(21)17(23)16(22)14(9-20)24-13/h10-17,19-23H,3-9H2,1-2H3/t10?,12?,13?,14-,15+,16+,17-/m1/s1. The molecule has 0 spiro atoms. The molecular weight excluding hydrogens is 310 g/mol. The zero-order valence-corrected chi connectivity index (χ0v) is 14.8. The largest absolute Gasteiger partial charge is 0.394 e. The maximum atomic E-state index is 10.3. The summed E-state index contributed by atoms with van der Waals surface area (Å²) in [6, 6.07) is 1.16. The Balaban J connectivity index is 1.61. The predicted octanol–water partition coefficient (Wildman–Crippen LogP) is 0.166. The van der Waals surface area contributed by atoms with Crippen molar-refractivity contribution in [3.05, 3.63) is 0 Å². The van der Waals surface area contributed by atoms with Crippen molar-refractivity contribution >= 4 is 0 Å². The van der Waals surface area contributed by atoms with Crippen LogP contribution in [-0.4, -0.2) is 69.6 Å². The first-order chi connectivity index (χ1) is 11.3. The Hall–Kier alpha value is -0.240. The summed E-state index contributed by atoms with van der Waals surface area (Å²) >= 11 is 0. The van der Waals surface area contributed by atoms with Gasteiger partial charge in [-0.3, -0.25) is 0 Å². The third-order valence-corrected chi connectivity index (χ3v) is 6.53. The Morgan fingerprint density at radius 2 is 1.67 bits per heavy atom. The van der Waals surface area contributed by atoms with Crippen LogP contribution < -0.4 is 5.32 Å². The molecule has 3 aliphatic rings. The summed E-state index contributed by atoms with van der Waals surface area (Å²) in [4.78, 5) is 0. The summed E-state index contributed by atoms with van der Waals surface area (Å²) in [6.45, 7) is 4.15. The average molecular weight is 343 g/mol. The summed E-state index contributed by atoms with van der Waals surface area (Å²) in [5, 5.41) is 43.3. The molecule has 1 aliphatic heterocycles. The molecule has 1 saturated heterocycles. The third kappa shape index (κ3) is 3.64. The molecule has 0 aromatic carbocycles. The quantitative estimate of drug-likeness (QED) is 0.488. The molecule has 0 bridgehead atoms. The fraction of sp³-hybridized carbons (Fsp3) is 1.00. The Morgan fingerprint density at radius 1 is 1.00 bits per heavy atom.